The first kappa shape index (κ1) is 15.5. The van der Waals surface area contributed by atoms with Gasteiger partial charge in [-0.25, -0.2) is 9.18 Å². The minimum Gasteiger partial charge on any atom is -0.480 e. The van der Waals surface area contributed by atoms with Gasteiger partial charge in [-0.3, -0.25) is 4.79 Å². The van der Waals surface area contributed by atoms with Crippen LogP contribution in [-0.2, 0) is 4.79 Å². The second-order valence-electron chi connectivity index (χ2n) is 5.70. The van der Waals surface area contributed by atoms with Crippen molar-refractivity contribution in [3.8, 4) is 0 Å². The van der Waals surface area contributed by atoms with Crippen LogP contribution in [0.2, 0.25) is 0 Å². The molecule has 0 saturated heterocycles. The summed E-state index contributed by atoms with van der Waals surface area (Å²) in [5, 5.41) is 12.1. The van der Waals surface area contributed by atoms with Gasteiger partial charge in [-0.05, 0) is 49.8 Å². The van der Waals surface area contributed by atoms with Crippen LogP contribution in [0.25, 0.3) is 0 Å². The Hall–Kier alpha value is -1.91. The van der Waals surface area contributed by atoms with Crippen molar-refractivity contribution in [1.82, 2.24) is 5.32 Å². The highest BCUT2D eigenvalue weighted by atomic mass is 19.1. The molecular weight excluding hydrogens is 273 g/mol. The van der Waals surface area contributed by atoms with Crippen LogP contribution in [0.5, 0.6) is 0 Å². The van der Waals surface area contributed by atoms with E-state index in [-0.39, 0.29) is 5.56 Å². The number of nitrogens with one attached hydrogen (secondary N) is 1. The maximum atomic E-state index is 13.2. The first-order chi connectivity index (χ1) is 9.97. The summed E-state index contributed by atoms with van der Waals surface area (Å²) in [5.74, 6) is -1.54. The number of amides is 1. The van der Waals surface area contributed by atoms with Crippen molar-refractivity contribution in [3.63, 3.8) is 0 Å². The van der Waals surface area contributed by atoms with Crippen molar-refractivity contribution in [2.45, 2.75) is 44.6 Å². The Kier molecular flexibility index (Phi) is 4.60. The molecule has 0 atom stereocenters. The molecule has 1 aromatic carbocycles. The van der Waals surface area contributed by atoms with Crippen molar-refractivity contribution in [2.24, 2.45) is 5.92 Å². The van der Waals surface area contributed by atoms with Gasteiger partial charge in [0.05, 0.1) is 0 Å². The van der Waals surface area contributed by atoms with Crippen LogP contribution >= 0.6 is 0 Å². The molecule has 1 aromatic rings. The maximum Gasteiger partial charge on any atom is 0.329 e. The molecule has 2 rings (SSSR count). The summed E-state index contributed by atoms with van der Waals surface area (Å²) < 4.78 is 13.2. The molecule has 0 bridgehead atoms. The fraction of sp³-hybridized carbons (Fsp3) is 0.500. The Morgan fingerprint density at radius 2 is 2.05 bits per heavy atom. The summed E-state index contributed by atoms with van der Waals surface area (Å²) in [6, 6.07) is 5.27. The minimum absolute atomic E-state index is 0.147. The molecule has 0 radical (unpaired) electrons. The minimum atomic E-state index is -1.23. The molecule has 1 fully saturated rings. The third kappa shape index (κ3) is 3.40. The number of rotatable bonds is 4. The van der Waals surface area contributed by atoms with E-state index in [4.69, 9.17) is 0 Å². The lowest BCUT2D eigenvalue weighted by Crippen LogP contribution is -2.56. The summed E-state index contributed by atoms with van der Waals surface area (Å²) in [5.41, 5.74) is -1.08. The Labute approximate surface area is 123 Å². The fourth-order valence-corrected chi connectivity index (χ4v) is 2.89. The fourth-order valence-electron chi connectivity index (χ4n) is 2.89. The zero-order valence-corrected chi connectivity index (χ0v) is 12.1. The van der Waals surface area contributed by atoms with E-state index >= 15 is 0 Å². The smallest absolute Gasteiger partial charge is 0.329 e. The third-order valence-corrected chi connectivity index (χ3v) is 4.39. The second kappa shape index (κ2) is 6.24. The zero-order valence-electron chi connectivity index (χ0n) is 12.1. The average molecular weight is 293 g/mol. The lowest BCUT2D eigenvalue weighted by atomic mass is 9.75. The third-order valence-electron chi connectivity index (χ3n) is 4.39. The van der Waals surface area contributed by atoms with Crippen LogP contribution in [0.1, 0.15) is 49.4 Å². The molecule has 114 valence electrons. The quantitative estimate of drug-likeness (QED) is 0.897. The van der Waals surface area contributed by atoms with Crippen LogP contribution in [-0.4, -0.2) is 22.5 Å². The average Bonchev–Trinajstić information content (AvgIpc) is 2.47. The van der Waals surface area contributed by atoms with Crippen molar-refractivity contribution in [2.75, 3.05) is 0 Å². The molecule has 21 heavy (non-hydrogen) atoms. The Morgan fingerprint density at radius 3 is 2.57 bits per heavy atom. The van der Waals surface area contributed by atoms with Crippen molar-refractivity contribution < 1.29 is 19.1 Å². The Morgan fingerprint density at radius 1 is 1.38 bits per heavy atom. The van der Waals surface area contributed by atoms with E-state index in [0.717, 1.165) is 25.3 Å². The van der Waals surface area contributed by atoms with Gasteiger partial charge in [-0.15, -0.1) is 0 Å². The highest BCUT2D eigenvalue weighted by Gasteiger charge is 2.43. The van der Waals surface area contributed by atoms with E-state index in [1.165, 1.54) is 18.2 Å². The molecule has 4 nitrogen and oxygen atoms in total. The Bertz CT molecular complexity index is 536. The summed E-state index contributed by atoms with van der Waals surface area (Å²) in [4.78, 5) is 23.8. The van der Waals surface area contributed by atoms with Gasteiger partial charge in [0.2, 0.25) is 0 Å². The first-order valence-corrected chi connectivity index (χ1v) is 7.28. The van der Waals surface area contributed by atoms with E-state index in [2.05, 4.69) is 12.2 Å². The van der Waals surface area contributed by atoms with Crippen LogP contribution in [0.15, 0.2) is 24.3 Å². The van der Waals surface area contributed by atoms with Gasteiger partial charge in [0.15, 0.2) is 0 Å². The van der Waals surface area contributed by atoms with Gasteiger partial charge >= 0.3 is 5.97 Å². The predicted octanol–water partition coefficient (Wildman–Crippen LogP) is 2.98. The molecule has 1 saturated carbocycles. The number of halogens is 1. The topological polar surface area (TPSA) is 66.4 Å². The number of hydrogen-bond donors (Lipinski definition) is 2. The normalized spacial score (nSPS) is 25.3. The summed E-state index contributed by atoms with van der Waals surface area (Å²) >= 11 is 0. The second-order valence-corrected chi connectivity index (χ2v) is 5.70. The van der Waals surface area contributed by atoms with Gasteiger partial charge in [0.25, 0.3) is 5.91 Å². The molecule has 0 heterocycles. The number of carboxylic acid groups (broad SMARTS) is 1. The molecule has 1 aliphatic carbocycles. The zero-order chi connectivity index (χ0) is 15.5. The van der Waals surface area contributed by atoms with Crippen molar-refractivity contribution in [3.05, 3.63) is 35.6 Å². The highest BCUT2D eigenvalue weighted by Crippen LogP contribution is 2.34. The standard InChI is InChI=1S/C16H20FNO3/c1-2-11-6-8-16(9-7-11,15(20)21)18-14(19)12-4-3-5-13(17)10-12/h3-5,10-11H,2,6-9H2,1H3,(H,18,19)(H,20,21). The molecule has 2 N–H and O–H groups in total. The number of benzene rings is 1. The molecule has 0 aromatic heterocycles. The Balaban J connectivity index is 2.14. The van der Waals surface area contributed by atoms with Crippen molar-refractivity contribution >= 4 is 11.9 Å². The van der Waals surface area contributed by atoms with Gasteiger partial charge in [-0.2, -0.15) is 0 Å². The predicted molar refractivity (Wildman–Crippen MR) is 76.5 cm³/mol. The molecule has 0 aliphatic heterocycles. The van der Waals surface area contributed by atoms with E-state index in [0.29, 0.717) is 18.8 Å². The van der Waals surface area contributed by atoms with Crippen LogP contribution in [0, 0.1) is 11.7 Å². The van der Waals surface area contributed by atoms with Crippen LogP contribution in [0.4, 0.5) is 4.39 Å². The van der Waals surface area contributed by atoms with E-state index in [9.17, 15) is 19.1 Å². The SMILES string of the molecule is CCC1CCC(NC(=O)c2cccc(F)c2)(C(=O)O)CC1. The number of hydrogen-bond acceptors (Lipinski definition) is 2. The van der Waals surface area contributed by atoms with Gasteiger partial charge < -0.3 is 10.4 Å². The van der Waals surface area contributed by atoms with Crippen LogP contribution < -0.4 is 5.32 Å². The molecule has 0 unspecified atom stereocenters. The summed E-state index contributed by atoms with van der Waals surface area (Å²) in [7, 11) is 0. The number of carbonyl (C=O) groups is 2. The van der Waals surface area contributed by atoms with E-state index in [1.54, 1.807) is 0 Å². The molecule has 1 aliphatic rings. The van der Waals surface area contributed by atoms with Crippen molar-refractivity contribution in [1.29, 1.82) is 0 Å². The van der Waals surface area contributed by atoms with E-state index in [1.807, 2.05) is 0 Å². The maximum absolute atomic E-state index is 13.2. The number of carboxylic acids is 1. The van der Waals surface area contributed by atoms with Gasteiger partial charge in [0.1, 0.15) is 11.4 Å². The van der Waals surface area contributed by atoms with Gasteiger partial charge in [-0.1, -0.05) is 19.4 Å². The molecule has 1 amide bonds. The number of aliphatic carboxylic acids is 1. The summed E-state index contributed by atoms with van der Waals surface area (Å²) in [6.07, 6.45) is 3.43. The lowest BCUT2D eigenvalue weighted by molar-refractivity contribution is -0.146. The summed E-state index contributed by atoms with van der Waals surface area (Å²) in [6.45, 7) is 2.09. The lowest BCUT2D eigenvalue weighted by Gasteiger charge is -2.37. The largest absolute Gasteiger partial charge is 0.480 e. The highest BCUT2D eigenvalue weighted by molar-refractivity contribution is 5.97. The number of carbonyl (C=O) groups excluding carboxylic acids is 1. The van der Waals surface area contributed by atoms with Crippen LogP contribution in [0.3, 0.4) is 0 Å². The molecule has 0 spiro atoms. The van der Waals surface area contributed by atoms with E-state index < -0.39 is 23.2 Å². The first-order valence-electron chi connectivity index (χ1n) is 7.28. The monoisotopic (exact) mass is 293 g/mol. The molecule has 5 heteroatoms. The van der Waals surface area contributed by atoms with Gasteiger partial charge in [0, 0.05) is 5.56 Å². The molecular formula is C16H20FNO3.